The molecule has 2 heterocycles. The number of rotatable bonds is 7. The van der Waals surface area contributed by atoms with E-state index in [2.05, 4.69) is 16.9 Å². The van der Waals surface area contributed by atoms with Crippen LogP contribution < -0.4 is 0 Å². The van der Waals surface area contributed by atoms with E-state index in [4.69, 9.17) is 4.74 Å². The Morgan fingerprint density at radius 2 is 2.05 bits per heavy atom. The van der Waals surface area contributed by atoms with Crippen molar-refractivity contribution in [2.45, 2.75) is 39.5 Å². The van der Waals surface area contributed by atoms with Crippen LogP contribution in [0.1, 0.15) is 45.7 Å². The Morgan fingerprint density at radius 1 is 1.29 bits per heavy atom. The van der Waals surface area contributed by atoms with Gasteiger partial charge in [-0.25, -0.2) is 9.78 Å². The fraction of sp³-hybridized carbons (Fsp3) is 0.438. The first kappa shape index (κ1) is 15.6. The van der Waals surface area contributed by atoms with Crippen LogP contribution in [-0.2, 0) is 17.6 Å². The van der Waals surface area contributed by atoms with Crippen molar-refractivity contribution in [3.63, 3.8) is 0 Å². The molecule has 0 saturated heterocycles. The van der Waals surface area contributed by atoms with Gasteiger partial charge in [-0.2, -0.15) is 0 Å². The summed E-state index contributed by atoms with van der Waals surface area (Å²) in [4.78, 5) is 21.1. The number of pyridine rings is 1. The molecule has 0 unspecified atom stereocenters. The zero-order valence-electron chi connectivity index (χ0n) is 12.5. The first-order chi connectivity index (χ1) is 10.2. The van der Waals surface area contributed by atoms with E-state index < -0.39 is 0 Å². The summed E-state index contributed by atoms with van der Waals surface area (Å²) >= 11 is 1.45. The van der Waals surface area contributed by atoms with Crippen LogP contribution in [0.15, 0.2) is 24.5 Å². The van der Waals surface area contributed by atoms with Crippen molar-refractivity contribution in [2.75, 3.05) is 6.61 Å². The highest BCUT2D eigenvalue weighted by atomic mass is 32.1. The molecule has 0 aromatic carbocycles. The second-order valence-electron chi connectivity index (χ2n) is 4.87. The Kier molecular flexibility index (Phi) is 5.87. The molecule has 2 aromatic rings. The van der Waals surface area contributed by atoms with Crippen molar-refractivity contribution < 1.29 is 9.53 Å². The number of hydrogen-bond acceptors (Lipinski definition) is 5. The topological polar surface area (TPSA) is 52.1 Å². The molecule has 0 atom stereocenters. The van der Waals surface area contributed by atoms with Crippen LogP contribution in [0.5, 0.6) is 0 Å². The van der Waals surface area contributed by atoms with Crippen LogP contribution in [-0.4, -0.2) is 22.5 Å². The van der Waals surface area contributed by atoms with Gasteiger partial charge >= 0.3 is 5.97 Å². The molecule has 0 fully saturated rings. The molecule has 112 valence electrons. The van der Waals surface area contributed by atoms with Crippen LogP contribution in [0, 0.1) is 6.92 Å². The van der Waals surface area contributed by atoms with Gasteiger partial charge in [0, 0.05) is 12.4 Å². The lowest BCUT2D eigenvalue weighted by atomic mass is 10.1. The molecule has 2 aromatic heterocycles. The molecule has 0 amide bonds. The zero-order chi connectivity index (χ0) is 15.1. The van der Waals surface area contributed by atoms with E-state index in [0.717, 1.165) is 36.4 Å². The van der Waals surface area contributed by atoms with E-state index >= 15 is 0 Å². The minimum atomic E-state index is -0.248. The number of aromatic nitrogens is 2. The third-order valence-electron chi connectivity index (χ3n) is 3.08. The van der Waals surface area contributed by atoms with Crippen molar-refractivity contribution in [3.8, 4) is 0 Å². The van der Waals surface area contributed by atoms with Gasteiger partial charge < -0.3 is 4.74 Å². The molecule has 21 heavy (non-hydrogen) atoms. The lowest BCUT2D eigenvalue weighted by molar-refractivity contribution is 0.0505. The highest BCUT2D eigenvalue weighted by Crippen LogP contribution is 2.20. The maximum absolute atomic E-state index is 12.0. The van der Waals surface area contributed by atoms with Crippen molar-refractivity contribution in [2.24, 2.45) is 0 Å². The number of aryl methyl sites for hydroxylation is 3. The molecule has 0 saturated carbocycles. The average molecular weight is 304 g/mol. The number of ether oxygens (including phenoxy) is 1. The first-order valence-electron chi connectivity index (χ1n) is 7.23. The standard InChI is InChI=1S/C16H20N2O2S/c1-3-5-14-18-12(2)15(21-14)16(19)20-11-4-6-13-7-9-17-10-8-13/h7-10H,3-6,11H2,1-2H3. The van der Waals surface area contributed by atoms with E-state index in [1.165, 1.54) is 16.9 Å². The molecule has 0 aliphatic heterocycles. The normalized spacial score (nSPS) is 10.6. The van der Waals surface area contributed by atoms with Gasteiger partial charge in [-0.3, -0.25) is 4.98 Å². The Morgan fingerprint density at radius 3 is 2.76 bits per heavy atom. The molecule has 4 nitrogen and oxygen atoms in total. The fourth-order valence-corrected chi connectivity index (χ4v) is 3.08. The number of carbonyl (C=O) groups is 1. The Balaban J connectivity index is 1.79. The van der Waals surface area contributed by atoms with Crippen molar-refractivity contribution >= 4 is 17.3 Å². The molecule has 5 heteroatoms. The molecular formula is C16H20N2O2S. The van der Waals surface area contributed by atoms with E-state index in [1.54, 1.807) is 12.4 Å². The van der Waals surface area contributed by atoms with Crippen LogP contribution in [0.25, 0.3) is 0 Å². The summed E-state index contributed by atoms with van der Waals surface area (Å²) in [5.41, 5.74) is 1.99. The van der Waals surface area contributed by atoms with Crippen molar-refractivity contribution in [1.29, 1.82) is 0 Å². The molecule has 0 aliphatic rings. The minimum absolute atomic E-state index is 0.248. The number of carbonyl (C=O) groups excluding carboxylic acids is 1. The van der Waals surface area contributed by atoms with E-state index in [-0.39, 0.29) is 5.97 Å². The van der Waals surface area contributed by atoms with Gasteiger partial charge in [-0.05, 0) is 50.3 Å². The second kappa shape index (κ2) is 7.88. The molecule has 2 rings (SSSR count). The molecule has 0 spiro atoms. The smallest absolute Gasteiger partial charge is 0.350 e. The molecule has 0 aliphatic carbocycles. The van der Waals surface area contributed by atoms with Gasteiger partial charge in [-0.15, -0.1) is 11.3 Å². The molecule has 0 bridgehead atoms. The maximum Gasteiger partial charge on any atom is 0.350 e. The average Bonchev–Trinajstić information content (AvgIpc) is 2.86. The van der Waals surface area contributed by atoms with E-state index in [0.29, 0.717) is 11.5 Å². The number of thiazole rings is 1. The predicted molar refractivity (Wildman–Crippen MR) is 83.7 cm³/mol. The SMILES string of the molecule is CCCc1nc(C)c(C(=O)OCCCc2ccncc2)s1. The minimum Gasteiger partial charge on any atom is -0.461 e. The Labute approximate surface area is 129 Å². The van der Waals surface area contributed by atoms with Gasteiger partial charge in [-0.1, -0.05) is 6.92 Å². The summed E-state index contributed by atoms with van der Waals surface area (Å²) in [5, 5.41) is 1.01. The second-order valence-corrected chi connectivity index (χ2v) is 5.95. The van der Waals surface area contributed by atoms with Crippen molar-refractivity contribution in [3.05, 3.63) is 45.7 Å². The first-order valence-corrected chi connectivity index (χ1v) is 8.04. The summed E-state index contributed by atoms with van der Waals surface area (Å²) in [5.74, 6) is -0.248. The quantitative estimate of drug-likeness (QED) is 0.579. The van der Waals surface area contributed by atoms with Gasteiger partial charge in [0.05, 0.1) is 17.3 Å². The Hall–Kier alpha value is -1.75. The molecular weight excluding hydrogens is 284 g/mol. The van der Waals surface area contributed by atoms with Crippen LogP contribution in [0.2, 0.25) is 0 Å². The van der Waals surface area contributed by atoms with Crippen LogP contribution in [0.3, 0.4) is 0 Å². The number of hydrogen-bond donors (Lipinski definition) is 0. The monoisotopic (exact) mass is 304 g/mol. The Bertz CT molecular complexity index is 581. The van der Waals surface area contributed by atoms with Gasteiger partial charge in [0.15, 0.2) is 0 Å². The summed E-state index contributed by atoms with van der Waals surface area (Å²) in [6, 6.07) is 3.96. The van der Waals surface area contributed by atoms with E-state index in [9.17, 15) is 4.79 Å². The van der Waals surface area contributed by atoms with Gasteiger partial charge in [0.1, 0.15) is 4.88 Å². The highest BCUT2D eigenvalue weighted by Gasteiger charge is 2.16. The summed E-state index contributed by atoms with van der Waals surface area (Å²) in [6.07, 6.45) is 7.21. The van der Waals surface area contributed by atoms with Gasteiger partial charge in [0.25, 0.3) is 0 Å². The summed E-state index contributed by atoms with van der Waals surface area (Å²) in [6.45, 7) is 4.40. The van der Waals surface area contributed by atoms with Crippen LogP contribution >= 0.6 is 11.3 Å². The molecule has 0 N–H and O–H groups in total. The van der Waals surface area contributed by atoms with Gasteiger partial charge in [0.2, 0.25) is 0 Å². The van der Waals surface area contributed by atoms with Crippen molar-refractivity contribution in [1.82, 2.24) is 9.97 Å². The third-order valence-corrected chi connectivity index (χ3v) is 4.28. The lowest BCUT2D eigenvalue weighted by Crippen LogP contribution is -2.06. The summed E-state index contributed by atoms with van der Waals surface area (Å²) < 4.78 is 5.34. The third kappa shape index (κ3) is 4.63. The van der Waals surface area contributed by atoms with Crippen LogP contribution in [0.4, 0.5) is 0 Å². The number of nitrogens with zero attached hydrogens (tertiary/aromatic N) is 2. The number of esters is 1. The van der Waals surface area contributed by atoms with E-state index in [1.807, 2.05) is 19.1 Å². The maximum atomic E-state index is 12.0. The predicted octanol–water partition coefficient (Wildman–Crippen LogP) is 3.59. The lowest BCUT2D eigenvalue weighted by Gasteiger charge is -2.03. The largest absolute Gasteiger partial charge is 0.461 e. The highest BCUT2D eigenvalue weighted by molar-refractivity contribution is 7.13. The summed E-state index contributed by atoms with van der Waals surface area (Å²) in [7, 11) is 0. The molecule has 0 radical (unpaired) electrons. The zero-order valence-corrected chi connectivity index (χ0v) is 13.3. The fourth-order valence-electron chi connectivity index (χ4n) is 2.02.